The van der Waals surface area contributed by atoms with E-state index in [4.69, 9.17) is 0 Å². The Morgan fingerprint density at radius 1 is 1.15 bits per heavy atom. The molecule has 1 aliphatic heterocycles. The van der Waals surface area contributed by atoms with Crippen LogP contribution in [0.3, 0.4) is 0 Å². The highest BCUT2D eigenvalue weighted by Crippen LogP contribution is 2.67. The standard InChI is InChI=1S/C21H24N2S3/c1-25(2,3)13-10-17-9-12-24-21(17)26(14-15-26)23-16-18-8-11-22-20-7-5-4-6-19(18)20/h4-9,11-12,23H,14-16H2,1-3H3. The Kier molecular flexibility index (Phi) is 4.79. The highest BCUT2D eigenvalue weighted by molar-refractivity contribution is 8.39. The van der Waals surface area contributed by atoms with Gasteiger partial charge in [-0.05, 0) is 53.2 Å². The lowest BCUT2D eigenvalue weighted by Crippen LogP contribution is -2.12. The Balaban J connectivity index is 1.58. The van der Waals surface area contributed by atoms with Crippen molar-refractivity contribution in [3.63, 3.8) is 0 Å². The van der Waals surface area contributed by atoms with E-state index in [0.29, 0.717) is 0 Å². The van der Waals surface area contributed by atoms with Gasteiger partial charge in [-0.15, -0.1) is 11.3 Å². The minimum atomic E-state index is -0.877. The number of hydrogen-bond donors (Lipinski definition) is 1. The van der Waals surface area contributed by atoms with E-state index in [2.05, 4.69) is 75.4 Å². The van der Waals surface area contributed by atoms with Crippen LogP contribution in [0.25, 0.3) is 10.9 Å². The molecule has 5 heteroatoms. The molecule has 4 rings (SSSR count). The zero-order valence-corrected chi connectivity index (χ0v) is 17.9. The third kappa shape index (κ3) is 3.79. The molecule has 1 aromatic carbocycles. The van der Waals surface area contributed by atoms with Gasteiger partial charge >= 0.3 is 0 Å². The highest BCUT2D eigenvalue weighted by Gasteiger charge is 2.40. The summed E-state index contributed by atoms with van der Waals surface area (Å²) in [7, 11) is -1.67. The molecule has 0 radical (unpaired) electrons. The molecule has 0 bridgehead atoms. The van der Waals surface area contributed by atoms with Gasteiger partial charge in [-0.2, -0.15) is 20.2 Å². The van der Waals surface area contributed by atoms with Gasteiger partial charge in [-0.3, -0.25) is 9.71 Å². The number of para-hydroxylation sites is 1. The lowest BCUT2D eigenvalue weighted by molar-refractivity contribution is 0.975. The molecular formula is C21H24N2S3. The van der Waals surface area contributed by atoms with Crippen molar-refractivity contribution in [3.8, 4) is 11.2 Å². The van der Waals surface area contributed by atoms with Gasteiger partial charge in [0.25, 0.3) is 0 Å². The molecule has 0 unspecified atom stereocenters. The van der Waals surface area contributed by atoms with Gasteiger partial charge < -0.3 is 0 Å². The van der Waals surface area contributed by atoms with Crippen molar-refractivity contribution in [1.29, 1.82) is 0 Å². The molecule has 1 aliphatic rings. The van der Waals surface area contributed by atoms with Crippen LogP contribution in [0.4, 0.5) is 0 Å². The Bertz CT molecular complexity index is 996. The van der Waals surface area contributed by atoms with Gasteiger partial charge in [0.2, 0.25) is 0 Å². The summed E-state index contributed by atoms with van der Waals surface area (Å²) in [5, 5.41) is 6.93. The van der Waals surface area contributed by atoms with Crippen molar-refractivity contribution in [3.05, 3.63) is 59.1 Å². The molecule has 0 aliphatic carbocycles. The van der Waals surface area contributed by atoms with Crippen LogP contribution in [0.5, 0.6) is 0 Å². The minimum absolute atomic E-state index is 0.796. The van der Waals surface area contributed by atoms with Crippen LogP contribution >= 0.6 is 31.6 Å². The van der Waals surface area contributed by atoms with E-state index in [1.165, 1.54) is 32.2 Å². The molecule has 0 saturated carbocycles. The number of nitrogens with one attached hydrogen (secondary N) is 1. The predicted octanol–water partition coefficient (Wildman–Crippen LogP) is 5.18. The number of rotatable bonds is 4. The topological polar surface area (TPSA) is 24.9 Å². The molecule has 1 fully saturated rings. The molecule has 1 N–H and O–H groups in total. The van der Waals surface area contributed by atoms with Crippen molar-refractivity contribution in [2.45, 2.75) is 10.8 Å². The number of aromatic nitrogens is 1. The summed E-state index contributed by atoms with van der Waals surface area (Å²) in [6, 6.07) is 12.7. The van der Waals surface area contributed by atoms with E-state index in [9.17, 15) is 0 Å². The second kappa shape index (κ2) is 6.94. The Labute approximate surface area is 163 Å². The second-order valence-corrected chi connectivity index (χ2v) is 15.6. The van der Waals surface area contributed by atoms with E-state index in [1.807, 2.05) is 23.6 Å². The third-order valence-corrected chi connectivity index (χ3v) is 9.88. The SMILES string of the molecule is CS(C)(C)C#Cc1ccsc1S1(NCc2ccnc3ccccc23)CC1. The fraction of sp³-hybridized carbons (Fsp3) is 0.286. The molecule has 3 heterocycles. The summed E-state index contributed by atoms with van der Waals surface area (Å²) in [6.45, 7) is 0.896. The number of nitrogens with zero attached hydrogens (tertiary/aromatic N) is 1. The fourth-order valence-corrected chi connectivity index (χ4v) is 7.90. The van der Waals surface area contributed by atoms with E-state index in [1.54, 1.807) is 0 Å². The zero-order chi connectivity index (χ0) is 18.2. The quantitative estimate of drug-likeness (QED) is 0.482. The van der Waals surface area contributed by atoms with Gasteiger partial charge in [-0.25, -0.2) is 0 Å². The lowest BCUT2D eigenvalue weighted by Gasteiger charge is -2.22. The van der Waals surface area contributed by atoms with Crippen LogP contribution in [0.1, 0.15) is 11.1 Å². The van der Waals surface area contributed by atoms with Crippen molar-refractivity contribution in [2.24, 2.45) is 0 Å². The summed E-state index contributed by atoms with van der Waals surface area (Å²) >= 11 is 1.88. The van der Waals surface area contributed by atoms with Gasteiger partial charge in [0.05, 0.1) is 9.73 Å². The fourth-order valence-electron chi connectivity index (χ4n) is 2.90. The lowest BCUT2D eigenvalue weighted by atomic mass is 10.1. The van der Waals surface area contributed by atoms with E-state index in [-0.39, 0.29) is 0 Å². The monoisotopic (exact) mass is 400 g/mol. The zero-order valence-electron chi connectivity index (χ0n) is 15.4. The van der Waals surface area contributed by atoms with Crippen LogP contribution in [0.2, 0.25) is 0 Å². The summed E-state index contributed by atoms with van der Waals surface area (Å²) in [5.41, 5.74) is 3.65. The van der Waals surface area contributed by atoms with Gasteiger partial charge in [0.1, 0.15) is 0 Å². The first kappa shape index (κ1) is 17.9. The maximum atomic E-state index is 4.48. The largest absolute Gasteiger partial charge is 0.272 e. The van der Waals surface area contributed by atoms with Crippen molar-refractivity contribution in [2.75, 3.05) is 30.3 Å². The van der Waals surface area contributed by atoms with Crippen molar-refractivity contribution < 1.29 is 0 Å². The molecule has 3 aromatic rings. The Hall–Kier alpha value is -1.45. The summed E-state index contributed by atoms with van der Waals surface area (Å²) in [5.74, 6) is 6.02. The molecule has 0 amide bonds. The maximum Gasteiger partial charge on any atom is 0.0707 e. The Morgan fingerprint density at radius 3 is 2.73 bits per heavy atom. The molecule has 1 saturated heterocycles. The second-order valence-electron chi connectivity index (χ2n) is 7.29. The maximum absolute atomic E-state index is 4.48. The first-order chi connectivity index (χ1) is 12.5. The smallest absolute Gasteiger partial charge is 0.0707 e. The Morgan fingerprint density at radius 2 is 1.96 bits per heavy atom. The van der Waals surface area contributed by atoms with Crippen LogP contribution in [0.15, 0.2) is 52.2 Å². The number of thiophene rings is 1. The van der Waals surface area contributed by atoms with E-state index < -0.39 is 20.2 Å². The molecule has 2 nitrogen and oxygen atoms in total. The number of benzene rings is 1. The first-order valence-electron chi connectivity index (χ1n) is 8.61. The molecule has 0 atom stereocenters. The van der Waals surface area contributed by atoms with Crippen molar-refractivity contribution in [1.82, 2.24) is 9.71 Å². The van der Waals surface area contributed by atoms with E-state index >= 15 is 0 Å². The van der Waals surface area contributed by atoms with Crippen LogP contribution < -0.4 is 4.72 Å². The first-order valence-corrected chi connectivity index (χ1v) is 14.3. The molecule has 0 spiro atoms. The van der Waals surface area contributed by atoms with Crippen LogP contribution in [-0.2, 0) is 6.54 Å². The van der Waals surface area contributed by atoms with Gasteiger partial charge in [0.15, 0.2) is 0 Å². The number of hydrogen-bond acceptors (Lipinski definition) is 3. The van der Waals surface area contributed by atoms with Crippen LogP contribution in [0, 0.1) is 11.2 Å². The van der Waals surface area contributed by atoms with E-state index in [0.717, 1.165) is 12.1 Å². The summed E-state index contributed by atoms with van der Waals surface area (Å²) in [6.07, 6.45) is 8.66. The number of fused-ring (bicyclic) bond motifs is 1. The average molecular weight is 401 g/mol. The van der Waals surface area contributed by atoms with Gasteiger partial charge in [0, 0.05) is 35.2 Å². The third-order valence-electron chi connectivity index (χ3n) is 4.37. The molecular weight excluding hydrogens is 376 g/mol. The average Bonchev–Trinajstić information content (AvgIpc) is 3.25. The minimum Gasteiger partial charge on any atom is -0.272 e. The molecule has 26 heavy (non-hydrogen) atoms. The van der Waals surface area contributed by atoms with Crippen molar-refractivity contribution >= 4 is 42.5 Å². The molecule has 2 aromatic heterocycles. The number of pyridine rings is 1. The molecule has 136 valence electrons. The summed E-state index contributed by atoms with van der Waals surface area (Å²) in [4.78, 5) is 4.48. The highest BCUT2D eigenvalue weighted by atomic mass is 32.3. The summed E-state index contributed by atoms with van der Waals surface area (Å²) < 4.78 is 5.42. The van der Waals surface area contributed by atoms with Gasteiger partial charge in [-0.1, -0.05) is 24.1 Å². The van der Waals surface area contributed by atoms with Crippen LogP contribution in [-0.4, -0.2) is 35.3 Å². The normalized spacial score (nSPS) is 17.3. The predicted molar refractivity (Wildman–Crippen MR) is 121 cm³/mol.